The Balaban J connectivity index is 1.05. The van der Waals surface area contributed by atoms with E-state index < -0.39 is 0 Å². The number of benzene rings is 3. The van der Waals surface area contributed by atoms with Crippen LogP contribution in [0.15, 0.2) is 54.7 Å². The van der Waals surface area contributed by atoms with Crippen molar-refractivity contribution in [3.8, 4) is 45.1 Å². The Hall–Kier alpha value is -4.22. The average molecular weight is 728 g/mol. The van der Waals surface area contributed by atoms with Gasteiger partial charge in [-0.25, -0.2) is 4.98 Å². The number of aromatic nitrogens is 2. The first kappa shape index (κ1) is 33.9. The van der Waals surface area contributed by atoms with Gasteiger partial charge in [0.2, 0.25) is 17.7 Å². The van der Waals surface area contributed by atoms with E-state index in [9.17, 15) is 9.59 Å². The molecule has 5 heterocycles. The van der Waals surface area contributed by atoms with Crippen molar-refractivity contribution >= 4 is 35.0 Å². The monoisotopic (exact) mass is 726 g/mol. The van der Waals surface area contributed by atoms with Gasteiger partial charge in [-0.05, 0) is 48.1 Å². The van der Waals surface area contributed by atoms with Crippen LogP contribution in [0.3, 0.4) is 0 Å². The minimum absolute atomic E-state index is 0.104. The molecule has 2 N–H and O–H groups in total. The van der Waals surface area contributed by atoms with Gasteiger partial charge in [0.25, 0.3) is 0 Å². The standard InChI is InChI=1S/C39H40Cl2N6O4/c1-50-33-16-23(15-24-18-46(14-12-26(24)33)19-25-9-10-34(48)43-25)27-5-3-6-28(36(27)40)29-7-4-8-30(37(29)41)31-17-42-32(38(44-31)51-2)20-47-21-39(22-47)13-11-35(49)45-39/h3-8,15-17,25H,9-14,18-22H2,1-2H3,(H,43,48)(H,45,49). The van der Waals surface area contributed by atoms with Gasteiger partial charge in [-0.3, -0.25) is 24.4 Å². The van der Waals surface area contributed by atoms with E-state index in [1.807, 2.05) is 36.4 Å². The maximum Gasteiger partial charge on any atom is 0.237 e. The van der Waals surface area contributed by atoms with Crippen molar-refractivity contribution in [1.82, 2.24) is 30.4 Å². The largest absolute Gasteiger partial charge is 0.496 e. The summed E-state index contributed by atoms with van der Waals surface area (Å²) in [6, 6.07) is 16.3. The second-order valence-electron chi connectivity index (χ2n) is 14.1. The van der Waals surface area contributed by atoms with Gasteiger partial charge in [-0.15, -0.1) is 0 Å². The molecule has 3 saturated heterocycles. The Morgan fingerprint density at radius 2 is 1.65 bits per heavy atom. The van der Waals surface area contributed by atoms with Crippen LogP contribution in [0.5, 0.6) is 11.6 Å². The maximum absolute atomic E-state index is 11.8. The highest BCUT2D eigenvalue weighted by molar-refractivity contribution is 6.39. The van der Waals surface area contributed by atoms with Gasteiger partial charge in [-0.1, -0.05) is 59.6 Å². The van der Waals surface area contributed by atoms with Gasteiger partial charge < -0.3 is 20.1 Å². The van der Waals surface area contributed by atoms with Crippen LogP contribution in [0.4, 0.5) is 0 Å². The van der Waals surface area contributed by atoms with Crippen LogP contribution in [-0.4, -0.2) is 83.6 Å². The number of fused-ring (bicyclic) bond motifs is 1. The summed E-state index contributed by atoms with van der Waals surface area (Å²) in [5.74, 6) is 1.56. The highest BCUT2D eigenvalue weighted by Crippen LogP contribution is 2.44. The SMILES string of the molecule is COc1cc(-c2cccc(-c3cccc(-c4cnc(CN5CC6(CCC(=O)N6)C5)c(OC)n4)c3Cl)c2Cl)cc2c1CCN(CC1CCC(=O)N1)C2. The average Bonchev–Trinajstić information content (AvgIpc) is 3.72. The third-order valence-corrected chi connectivity index (χ3v) is 11.5. The van der Waals surface area contributed by atoms with E-state index in [2.05, 4.69) is 32.6 Å². The minimum Gasteiger partial charge on any atom is -0.496 e. The molecule has 0 radical (unpaired) electrons. The molecule has 12 heteroatoms. The number of likely N-dealkylation sites (tertiary alicyclic amines) is 1. The fraction of sp³-hybridized carbons (Fsp3) is 0.385. The molecule has 4 aromatic rings. The lowest BCUT2D eigenvalue weighted by molar-refractivity contribution is -0.121. The fourth-order valence-electron chi connectivity index (χ4n) is 8.18. The molecule has 4 aliphatic rings. The van der Waals surface area contributed by atoms with Crippen LogP contribution in [0.2, 0.25) is 10.0 Å². The normalized spacial score (nSPS) is 19.8. The minimum atomic E-state index is -0.104. The number of carbonyl (C=O) groups excluding carboxylic acids is 2. The van der Waals surface area contributed by atoms with Gasteiger partial charge in [0, 0.05) is 80.4 Å². The summed E-state index contributed by atoms with van der Waals surface area (Å²) in [6.45, 7) is 4.68. The number of carbonyl (C=O) groups is 2. The number of halogens is 2. The molecule has 3 fully saturated rings. The van der Waals surface area contributed by atoms with E-state index in [4.69, 9.17) is 42.6 Å². The number of nitrogens with zero attached hydrogens (tertiary/aromatic N) is 4. The Morgan fingerprint density at radius 3 is 2.33 bits per heavy atom. The van der Waals surface area contributed by atoms with Crippen molar-refractivity contribution in [3.63, 3.8) is 0 Å². The summed E-state index contributed by atoms with van der Waals surface area (Å²) in [6.07, 6.45) is 5.55. The van der Waals surface area contributed by atoms with Crippen molar-refractivity contribution in [2.75, 3.05) is 40.4 Å². The third-order valence-electron chi connectivity index (χ3n) is 10.7. The molecule has 2 amide bonds. The molecule has 1 atom stereocenters. The van der Waals surface area contributed by atoms with Crippen LogP contribution in [0, 0.1) is 0 Å². The molecule has 0 bridgehead atoms. The summed E-state index contributed by atoms with van der Waals surface area (Å²) < 4.78 is 11.6. The number of hydrogen-bond acceptors (Lipinski definition) is 8. The number of hydrogen-bond donors (Lipinski definition) is 2. The second-order valence-corrected chi connectivity index (χ2v) is 14.9. The highest BCUT2D eigenvalue weighted by atomic mass is 35.5. The first-order chi connectivity index (χ1) is 24.7. The summed E-state index contributed by atoms with van der Waals surface area (Å²) in [5.41, 5.74) is 7.81. The van der Waals surface area contributed by atoms with Crippen molar-refractivity contribution in [1.29, 1.82) is 0 Å². The number of amides is 2. The Bertz CT molecular complexity index is 2030. The lowest BCUT2D eigenvalue weighted by atomic mass is 9.88. The molecule has 0 saturated carbocycles. The smallest absolute Gasteiger partial charge is 0.237 e. The zero-order valence-electron chi connectivity index (χ0n) is 28.7. The molecular weight excluding hydrogens is 687 g/mol. The lowest BCUT2D eigenvalue weighted by Crippen LogP contribution is -2.66. The summed E-state index contributed by atoms with van der Waals surface area (Å²) in [4.78, 5) is 37.8. The predicted molar refractivity (Wildman–Crippen MR) is 197 cm³/mol. The molecule has 4 aliphatic heterocycles. The predicted octanol–water partition coefficient (Wildman–Crippen LogP) is 5.90. The van der Waals surface area contributed by atoms with E-state index >= 15 is 0 Å². The van der Waals surface area contributed by atoms with E-state index in [1.54, 1.807) is 20.4 Å². The zero-order valence-corrected chi connectivity index (χ0v) is 30.2. The van der Waals surface area contributed by atoms with Crippen LogP contribution >= 0.6 is 23.2 Å². The van der Waals surface area contributed by atoms with Crippen molar-refractivity contribution in [3.05, 3.63) is 81.6 Å². The van der Waals surface area contributed by atoms with Crippen molar-refractivity contribution in [2.45, 2.75) is 56.8 Å². The number of nitrogens with one attached hydrogen (secondary N) is 2. The molecule has 0 aliphatic carbocycles. The molecule has 1 spiro atoms. The molecule has 10 nitrogen and oxygen atoms in total. The zero-order chi connectivity index (χ0) is 35.3. The van der Waals surface area contributed by atoms with Crippen LogP contribution in [0.25, 0.3) is 33.5 Å². The van der Waals surface area contributed by atoms with Gasteiger partial charge in [0.05, 0.1) is 41.7 Å². The van der Waals surface area contributed by atoms with Gasteiger partial charge in [0.1, 0.15) is 11.4 Å². The van der Waals surface area contributed by atoms with E-state index in [-0.39, 0.29) is 23.4 Å². The molecule has 1 aromatic heterocycles. The van der Waals surface area contributed by atoms with Crippen LogP contribution < -0.4 is 20.1 Å². The second kappa shape index (κ2) is 13.7. The molecule has 51 heavy (non-hydrogen) atoms. The topological polar surface area (TPSA) is 109 Å². The number of methoxy groups -OCH3 is 2. The van der Waals surface area contributed by atoms with Gasteiger partial charge in [-0.2, -0.15) is 0 Å². The quantitative estimate of drug-likeness (QED) is 0.220. The first-order valence-corrected chi connectivity index (χ1v) is 18.2. The number of ether oxygens (including phenoxy) is 2. The van der Waals surface area contributed by atoms with Gasteiger partial charge >= 0.3 is 0 Å². The van der Waals surface area contributed by atoms with Crippen LogP contribution in [-0.2, 0) is 29.1 Å². The van der Waals surface area contributed by atoms with Crippen LogP contribution in [0.1, 0.15) is 42.5 Å². The summed E-state index contributed by atoms with van der Waals surface area (Å²) in [5, 5.41) is 7.33. The number of rotatable bonds is 9. The van der Waals surface area contributed by atoms with E-state index in [1.165, 1.54) is 11.1 Å². The molecule has 3 aromatic carbocycles. The van der Waals surface area contributed by atoms with Gasteiger partial charge in [0.15, 0.2) is 0 Å². The Kier molecular flexibility index (Phi) is 9.12. The van der Waals surface area contributed by atoms with Crippen molar-refractivity contribution in [2.24, 2.45) is 0 Å². The highest BCUT2D eigenvalue weighted by Gasteiger charge is 2.47. The molecule has 264 valence electrons. The summed E-state index contributed by atoms with van der Waals surface area (Å²) in [7, 11) is 3.31. The molecular formula is C39H40Cl2N6O4. The molecule has 8 rings (SSSR count). The maximum atomic E-state index is 11.8. The molecule has 1 unspecified atom stereocenters. The van der Waals surface area contributed by atoms with E-state index in [0.29, 0.717) is 41.0 Å². The summed E-state index contributed by atoms with van der Waals surface area (Å²) >= 11 is 14.4. The Morgan fingerprint density at radius 1 is 0.902 bits per heavy atom. The third kappa shape index (κ3) is 6.55. The Labute approximate surface area is 307 Å². The fourth-order valence-corrected chi connectivity index (χ4v) is 8.84. The van der Waals surface area contributed by atoms with Crippen molar-refractivity contribution < 1.29 is 19.1 Å². The van der Waals surface area contributed by atoms with E-state index in [0.717, 1.165) is 91.2 Å². The first-order valence-electron chi connectivity index (χ1n) is 17.5. The lowest BCUT2D eigenvalue weighted by Gasteiger charge is -2.47.